The van der Waals surface area contributed by atoms with Crippen molar-refractivity contribution in [3.05, 3.63) is 42.2 Å². The van der Waals surface area contributed by atoms with Crippen LogP contribution < -0.4 is 10.2 Å². The highest BCUT2D eigenvalue weighted by Crippen LogP contribution is 2.31. The standard InChI is InChI=1S/C15H15N5OS/c1-19-7-6-12(18-19)14(21)16-10-8-20(9-10)15-17-11-4-2-3-5-13(11)22-15/h2-7,10H,8-9H2,1H3,(H,16,21). The molecule has 0 saturated carbocycles. The van der Waals surface area contributed by atoms with Crippen molar-refractivity contribution in [3.63, 3.8) is 0 Å². The number of hydrogen-bond donors (Lipinski definition) is 1. The molecule has 0 atom stereocenters. The van der Waals surface area contributed by atoms with Gasteiger partial charge in [-0.15, -0.1) is 0 Å². The number of rotatable bonds is 3. The first-order chi connectivity index (χ1) is 10.7. The van der Waals surface area contributed by atoms with Crippen LogP contribution in [-0.2, 0) is 7.05 Å². The van der Waals surface area contributed by atoms with Crippen molar-refractivity contribution >= 4 is 32.6 Å². The van der Waals surface area contributed by atoms with E-state index in [0.717, 1.165) is 23.7 Å². The van der Waals surface area contributed by atoms with Gasteiger partial charge in [0, 0.05) is 26.3 Å². The molecule has 0 radical (unpaired) electrons. The van der Waals surface area contributed by atoms with Crippen molar-refractivity contribution in [2.75, 3.05) is 18.0 Å². The monoisotopic (exact) mass is 313 g/mol. The number of anilines is 1. The van der Waals surface area contributed by atoms with Crippen LogP contribution in [0.25, 0.3) is 10.2 Å². The Labute approximate surface area is 131 Å². The smallest absolute Gasteiger partial charge is 0.272 e. The summed E-state index contributed by atoms with van der Waals surface area (Å²) in [5.41, 5.74) is 1.49. The number of fused-ring (bicyclic) bond motifs is 1. The van der Waals surface area contributed by atoms with Gasteiger partial charge in [-0.3, -0.25) is 9.48 Å². The van der Waals surface area contributed by atoms with Crippen LogP contribution in [0.1, 0.15) is 10.5 Å². The van der Waals surface area contributed by atoms with Crippen molar-refractivity contribution < 1.29 is 4.79 Å². The number of nitrogens with one attached hydrogen (secondary N) is 1. The Hall–Kier alpha value is -2.41. The van der Waals surface area contributed by atoms with Gasteiger partial charge in [-0.05, 0) is 18.2 Å². The summed E-state index contributed by atoms with van der Waals surface area (Å²) in [7, 11) is 1.80. The van der Waals surface area contributed by atoms with E-state index in [4.69, 9.17) is 0 Å². The lowest BCUT2D eigenvalue weighted by Gasteiger charge is -2.39. The third-order valence-corrected chi connectivity index (χ3v) is 4.81. The summed E-state index contributed by atoms with van der Waals surface area (Å²) < 4.78 is 2.82. The molecule has 1 aromatic carbocycles. The molecule has 1 N–H and O–H groups in total. The third-order valence-electron chi connectivity index (χ3n) is 3.72. The second-order valence-corrected chi connectivity index (χ2v) is 6.42. The maximum absolute atomic E-state index is 12.0. The number of carbonyl (C=O) groups is 1. The van der Waals surface area contributed by atoms with Gasteiger partial charge in [-0.1, -0.05) is 23.5 Å². The normalized spacial score (nSPS) is 15.0. The molecule has 3 heterocycles. The molecule has 1 saturated heterocycles. The van der Waals surface area contributed by atoms with Crippen LogP contribution in [0.4, 0.5) is 5.13 Å². The van der Waals surface area contributed by atoms with Gasteiger partial charge in [-0.2, -0.15) is 5.10 Å². The first kappa shape index (κ1) is 13.3. The van der Waals surface area contributed by atoms with Gasteiger partial charge in [-0.25, -0.2) is 4.98 Å². The van der Waals surface area contributed by atoms with E-state index in [-0.39, 0.29) is 11.9 Å². The van der Waals surface area contributed by atoms with Crippen LogP contribution in [0.5, 0.6) is 0 Å². The summed E-state index contributed by atoms with van der Waals surface area (Å²) in [6.07, 6.45) is 1.77. The number of aryl methyl sites for hydroxylation is 1. The Kier molecular flexibility index (Phi) is 3.07. The lowest BCUT2D eigenvalue weighted by molar-refractivity contribution is 0.0924. The van der Waals surface area contributed by atoms with Crippen molar-refractivity contribution in [1.29, 1.82) is 0 Å². The minimum absolute atomic E-state index is 0.116. The van der Waals surface area contributed by atoms with Crippen molar-refractivity contribution in [2.24, 2.45) is 7.05 Å². The number of para-hydroxylation sites is 1. The Balaban J connectivity index is 1.38. The number of nitrogens with zero attached hydrogens (tertiary/aromatic N) is 4. The number of amides is 1. The zero-order valence-corrected chi connectivity index (χ0v) is 12.9. The Morgan fingerprint density at radius 3 is 2.86 bits per heavy atom. The predicted octanol–water partition coefficient (Wildman–Crippen LogP) is 1.65. The minimum Gasteiger partial charge on any atom is -0.344 e. The van der Waals surface area contributed by atoms with Crippen LogP contribution in [0.2, 0.25) is 0 Å². The molecule has 0 bridgehead atoms. The summed E-state index contributed by atoms with van der Waals surface area (Å²) in [5, 5.41) is 8.13. The molecule has 2 aromatic heterocycles. The Morgan fingerprint density at radius 2 is 2.14 bits per heavy atom. The van der Waals surface area contributed by atoms with E-state index in [2.05, 4.69) is 26.4 Å². The number of aromatic nitrogens is 3. The van der Waals surface area contributed by atoms with E-state index in [1.807, 2.05) is 18.2 Å². The highest BCUT2D eigenvalue weighted by atomic mass is 32.1. The molecule has 1 aliphatic rings. The van der Waals surface area contributed by atoms with Gasteiger partial charge >= 0.3 is 0 Å². The largest absolute Gasteiger partial charge is 0.344 e. The zero-order chi connectivity index (χ0) is 15.1. The van der Waals surface area contributed by atoms with E-state index in [1.165, 1.54) is 4.70 Å². The first-order valence-electron chi connectivity index (χ1n) is 7.10. The molecule has 0 spiro atoms. The van der Waals surface area contributed by atoms with Gasteiger partial charge in [0.05, 0.1) is 16.3 Å². The predicted molar refractivity (Wildman–Crippen MR) is 86.3 cm³/mol. The molecular formula is C15H15N5OS. The van der Waals surface area contributed by atoms with E-state index in [9.17, 15) is 4.79 Å². The lowest BCUT2D eigenvalue weighted by Crippen LogP contribution is -2.59. The van der Waals surface area contributed by atoms with Gasteiger partial charge in [0.25, 0.3) is 5.91 Å². The summed E-state index contributed by atoms with van der Waals surface area (Å²) >= 11 is 1.69. The maximum Gasteiger partial charge on any atom is 0.272 e. The second-order valence-electron chi connectivity index (χ2n) is 5.41. The van der Waals surface area contributed by atoms with Crippen LogP contribution >= 0.6 is 11.3 Å². The van der Waals surface area contributed by atoms with Crippen molar-refractivity contribution in [2.45, 2.75) is 6.04 Å². The maximum atomic E-state index is 12.0. The number of benzene rings is 1. The molecule has 0 aliphatic carbocycles. The van der Waals surface area contributed by atoms with Crippen molar-refractivity contribution in [1.82, 2.24) is 20.1 Å². The molecule has 0 unspecified atom stereocenters. The molecule has 7 heteroatoms. The zero-order valence-electron chi connectivity index (χ0n) is 12.1. The van der Waals surface area contributed by atoms with E-state index in [0.29, 0.717) is 5.69 Å². The minimum atomic E-state index is -0.116. The summed E-state index contributed by atoms with van der Waals surface area (Å²) in [5.74, 6) is -0.116. The van der Waals surface area contributed by atoms with Crippen LogP contribution in [0, 0.1) is 0 Å². The average molecular weight is 313 g/mol. The quantitative estimate of drug-likeness (QED) is 0.798. The third kappa shape index (κ3) is 2.33. The van der Waals surface area contributed by atoms with Gasteiger partial charge < -0.3 is 10.2 Å². The molecule has 1 amide bonds. The molecule has 6 nitrogen and oxygen atoms in total. The summed E-state index contributed by atoms with van der Waals surface area (Å²) in [6.45, 7) is 1.58. The van der Waals surface area contributed by atoms with E-state index >= 15 is 0 Å². The average Bonchev–Trinajstić information content (AvgIpc) is 3.07. The van der Waals surface area contributed by atoms with E-state index < -0.39 is 0 Å². The molecule has 4 rings (SSSR count). The highest BCUT2D eigenvalue weighted by molar-refractivity contribution is 7.22. The van der Waals surface area contributed by atoms with Crippen LogP contribution in [0.3, 0.4) is 0 Å². The molecule has 112 valence electrons. The lowest BCUT2D eigenvalue weighted by atomic mass is 10.1. The number of thiazole rings is 1. The SMILES string of the molecule is Cn1ccc(C(=O)NC2CN(c3nc4ccccc4s3)C2)n1. The van der Waals surface area contributed by atoms with Gasteiger partial charge in [0.15, 0.2) is 5.13 Å². The summed E-state index contributed by atoms with van der Waals surface area (Å²) in [6, 6.07) is 10.0. The molecule has 22 heavy (non-hydrogen) atoms. The first-order valence-corrected chi connectivity index (χ1v) is 7.92. The fraction of sp³-hybridized carbons (Fsp3) is 0.267. The summed E-state index contributed by atoms with van der Waals surface area (Å²) in [4.78, 5) is 18.8. The Morgan fingerprint density at radius 1 is 1.32 bits per heavy atom. The topological polar surface area (TPSA) is 63.1 Å². The van der Waals surface area contributed by atoms with Gasteiger partial charge in [0.2, 0.25) is 0 Å². The van der Waals surface area contributed by atoms with Crippen LogP contribution in [0.15, 0.2) is 36.5 Å². The van der Waals surface area contributed by atoms with Crippen molar-refractivity contribution in [3.8, 4) is 0 Å². The molecule has 3 aromatic rings. The van der Waals surface area contributed by atoms with E-state index in [1.54, 1.807) is 35.3 Å². The molecule has 1 aliphatic heterocycles. The van der Waals surface area contributed by atoms with Gasteiger partial charge in [0.1, 0.15) is 5.69 Å². The number of carbonyl (C=O) groups excluding carboxylic acids is 1. The fourth-order valence-electron chi connectivity index (χ4n) is 2.52. The molecular weight excluding hydrogens is 298 g/mol. The Bertz CT molecular complexity index is 800. The van der Waals surface area contributed by atoms with Crippen LogP contribution in [-0.4, -0.2) is 39.8 Å². The second kappa shape index (κ2) is 5.10. The fourth-order valence-corrected chi connectivity index (χ4v) is 3.50. The highest BCUT2D eigenvalue weighted by Gasteiger charge is 2.30. The molecule has 1 fully saturated rings. The number of hydrogen-bond acceptors (Lipinski definition) is 5.